The second-order valence-electron chi connectivity index (χ2n) is 6.21. The number of thiophene rings is 1. The number of benzene rings is 2. The Morgan fingerprint density at radius 1 is 1.18 bits per heavy atom. The fourth-order valence-corrected chi connectivity index (χ4v) is 3.99. The lowest BCUT2D eigenvalue weighted by molar-refractivity contribution is 0.103. The Morgan fingerprint density at radius 3 is 2.57 bits per heavy atom. The third-order valence-corrected chi connectivity index (χ3v) is 5.37. The van der Waals surface area contributed by atoms with Gasteiger partial charge in [0, 0.05) is 11.1 Å². The summed E-state index contributed by atoms with van der Waals surface area (Å²) in [5, 5.41) is 8.33. The van der Waals surface area contributed by atoms with Gasteiger partial charge in [0.05, 0.1) is 22.9 Å². The monoisotopic (exact) mass is 395 g/mol. The first kappa shape index (κ1) is 18.2. The van der Waals surface area contributed by atoms with Gasteiger partial charge in [-0.2, -0.15) is 5.10 Å². The van der Waals surface area contributed by atoms with Crippen molar-refractivity contribution >= 4 is 33.1 Å². The van der Waals surface area contributed by atoms with Crippen LogP contribution in [-0.2, 0) is 0 Å². The fourth-order valence-electron chi connectivity index (χ4n) is 2.91. The molecular formula is C21H18FN3O2S. The number of hydrogen-bond acceptors (Lipinski definition) is 4. The quantitative estimate of drug-likeness (QED) is 0.506. The van der Waals surface area contributed by atoms with Gasteiger partial charge in [0.2, 0.25) is 0 Å². The summed E-state index contributed by atoms with van der Waals surface area (Å²) in [7, 11) is 0. The van der Waals surface area contributed by atoms with Crippen LogP contribution in [-0.4, -0.2) is 22.3 Å². The molecule has 2 heterocycles. The summed E-state index contributed by atoms with van der Waals surface area (Å²) >= 11 is 1.35. The highest BCUT2D eigenvalue weighted by Crippen LogP contribution is 2.31. The van der Waals surface area contributed by atoms with Crippen molar-refractivity contribution in [2.45, 2.75) is 13.8 Å². The lowest BCUT2D eigenvalue weighted by atomic mass is 10.2. The van der Waals surface area contributed by atoms with Gasteiger partial charge in [-0.1, -0.05) is 0 Å². The lowest BCUT2D eigenvalue weighted by Gasteiger charge is -2.06. The molecule has 0 aliphatic carbocycles. The number of ether oxygens (including phenoxy) is 1. The third kappa shape index (κ3) is 3.48. The highest BCUT2D eigenvalue weighted by atomic mass is 32.1. The molecule has 0 aliphatic rings. The Bertz CT molecular complexity index is 1130. The molecule has 2 aromatic heterocycles. The number of carbonyl (C=O) groups is 1. The zero-order chi connectivity index (χ0) is 19.7. The van der Waals surface area contributed by atoms with Gasteiger partial charge in [-0.25, -0.2) is 9.07 Å². The maximum atomic E-state index is 13.2. The summed E-state index contributed by atoms with van der Waals surface area (Å²) in [4.78, 5) is 14.1. The summed E-state index contributed by atoms with van der Waals surface area (Å²) < 4.78 is 20.4. The summed E-state index contributed by atoms with van der Waals surface area (Å²) in [6.45, 7) is 4.41. The van der Waals surface area contributed by atoms with Gasteiger partial charge in [0.25, 0.3) is 5.91 Å². The van der Waals surface area contributed by atoms with Crippen molar-refractivity contribution in [2.75, 3.05) is 11.9 Å². The number of nitrogens with one attached hydrogen (secondary N) is 1. The second kappa shape index (κ2) is 7.44. The number of amides is 1. The first-order chi connectivity index (χ1) is 13.5. The third-order valence-electron chi connectivity index (χ3n) is 4.26. The molecular weight excluding hydrogens is 377 g/mol. The number of halogens is 1. The van der Waals surface area contributed by atoms with Crippen LogP contribution in [0.4, 0.5) is 10.1 Å². The van der Waals surface area contributed by atoms with E-state index in [2.05, 4.69) is 10.4 Å². The largest absolute Gasteiger partial charge is 0.494 e. The van der Waals surface area contributed by atoms with Gasteiger partial charge < -0.3 is 10.1 Å². The molecule has 0 aliphatic heterocycles. The van der Waals surface area contributed by atoms with E-state index in [1.165, 1.54) is 23.5 Å². The van der Waals surface area contributed by atoms with E-state index in [0.717, 1.165) is 27.3 Å². The van der Waals surface area contributed by atoms with Gasteiger partial charge in [-0.05, 0) is 68.4 Å². The minimum absolute atomic E-state index is 0.185. The van der Waals surface area contributed by atoms with Gasteiger partial charge >= 0.3 is 0 Å². The predicted molar refractivity (Wildman–Crippen MR) is 109 cm³/mol. The molecule has 0 bridgehead atoms. The zero-order valence-electron chi connectivity index (χ0n) is 15.4. The molecule has 0 atom stereocenters. The van der Waals surface area contributed by atoms with E-state index < -0.39 is 0 Å². The predicted octanol–water partition coefficient (Wildman–Crippen LogP) is 5.19. The van der Waals surface area contributed by atoms with Crippen molar-refractivity contribution in [3.8, 4) is 11.4 Å². The molecule has 7 heteroatoms. The fraction of sp³-hybridized carbons (Fsp3) is 0.143. The molecule has 0 unspecified atom stereocenters. The van der Waals surface area contributed by atoms with Gasteiger partial charge in [0.15, 0.2) is 0 Å². The van der Waals surface area contributed by atoms with Crippen LogP contribution in [0.2, 0.25) is 0 Å². The average Bonchev–Trinajstić information content (AvgIpc) is 3.25. The van der Waals surface area contributed by atoms with Crippen molar-refractivity contribution in [1.29, 1.82) is 0 Å². The molecule has 0 radical (unpaired) electrons. The van der Waals surface area contributed by atoms with Crippen molar-refractivity contribution in [3.05, 3.63) is 71.0 Å². The molecule has 28 heavy (non-hydrogen) atoms. The number of anilines is 1. The van der Waals surface area contributed by atoms with Crippen LogP contribution in [0, 0.1) is 12.7 Å². The number of aryl methyl sites for hydroxylation is 1. The van der Waals surface area contributed by atoms with E-state index in [-0.39, 0.29) is 11.7 Å². The molecule has 142 valence electrons. The maximum Gasteiger partial charge on any atom is 0.265 e. The summed E-state index contributed by atoms with van der Waals surface area (Å²) in [6.07, 6.45) is 0. The Labute approximate surface area is 165 Å². The van der Waals surface area contributed by atoms with Crippen molar-refractivity contribution in [3.63, 3.8) is 0 Å². The van der Waals surface area contributed by atoms with E-state index in [1.54, 1.807) is 16.8 Å². The molecule has 0 spiro atoms. The second-order valence-corrected chi connectivity index (χ2v) is 7.25. The number of nitrogens with zero attached hydrogens (tertiary/aromatic N) is 2. The van der Waals surface area contributed by atoms with Crippen LogP contribution in [0.3, 0.4) is 0 Å². The van der Waals surface area contributed by atoms with Crippen molar-refractivity contribution < 1.29 is 13.9 Å². The Balaban J connectivity index is 1.61. The molecule has 2 aromatic carbocycles. The van der Waals surface area contributed by atoms with Crippen molar-refractivity contribution in [2.24, 2.45) is 0 Å². The molecule has 0 saturated heterocycles. The Morgan fingerprint density at radius 2 is 1.89 bits per heavy atom. The standard InChI is InChI=1S/C21H18FN3O2S/c1-3-27-17-10-6-15(7-11-17)23-20(26)19-12-18-13(2)24-25(21(18)28-19)16-8-4-14(22)5-9-16/h4-12H,3H2,1-2H3,(H,23,26). The van der Waals surface area contributed by atoms with E-state index in [0.29, 0.717) is 17.2 Å². The summed E-state index contributed by atoms with van der Waals surface area (Å²) in [5.41, 5.74) is 2.26. The molecule has 0 saturated carbocycles. The normalized spacial score (nSPS) is 11.0. The topological polar surface area (TPSA) is 56.1 Å². The van der Waals surface area contributed by atoms with Crippen molar-refractivity contribution in [1.82, 2.24) is 9.78 Å². The Hall–Kier alpha value is -3.19. The molecule has 4 aromatic rings. The van der Waals surface area contributed by atoms with Gasteiger partial charge in [-0.3, -0.25) is 4.79 Å². The molecule has 1 N–H and O–H groups in total. The highest BCUT2D eigenvalue weighted by molar-refractivity contribution is 7.20. The van der Waals surface area contributed by atoms with Crippen LogP contribution in [0.25, 0.3) is 15.9 Å². The SMILES string of the molecule is CCOc1ccc(NC(=O)c2cc3c(C)nn(-c4ccc(F)cc4)c3s2)cc1. The molecule has 4 rings (SSSR count). The van der Waals surface area contributed by atoms with Crippen LogP contribution in [0.5, 0.6) is 5.75 Å². The number of hydrogen-bond donors (Lipinski definition) is 1. The maximum absolute atomic E-state index is 13.2. The smallest absolute Gasteiger partial charge is 0.265 e. The Kier molecular flexibility index (Phi) is 4.83. The molecule has 0 fully saturated rings. The summed E-state index contributed by atoms with van der Waals surface area (Å²) in [6, 6.07) is 15.2. The summed E-state index contributed by atoms with van der Waals surface area (Å²) in [5.74, 6) is 0.276. The minimum atomic E-state index is -0.300. The van der Waals surface area contributed by atoms with E-state index in [4.69, 9.17) is 4.74 Å². The van der Waals surface area contributed by atoms with E-state index in [9.17, 15) is 9.18 Å². The van der Waals surface area contributed by atoms with Crippen LogP contribution >= 0.6 is 11.3 Å². The van der Waals surface area contributed by atoms with Crippen LogP contribution in [0.1, 0.15) is 22.3 Å². The van der Waals surface area contributed by atoms with Crippen LogP contribution in [0.15, 0.2) is 54.6 Å². The number of carbonyl (C=O) groups excluding carboxylic acids is 1. The molecule has 1 amide bonds. The number of fused-ring (bicyclic) bond motifs is 1. The molecule has 5 nitrogen and oxygen atoms in total. The lowest BCUT2D eigenvalue weighted by Crippen LogP contribution is -2.10. The van der Waals surface area contributed by atoms with Gasteiger partial charge in [-0.15, -0.1) is 11.3 Å². The highest BCUT2D eigenvalue weighted by Gasteiger charge is 2.17. The minimum Gasteiger partial charge on any atom is -0.494 e. The number of rotatable bonds is 5. The van der Waals surface area contributed by atoms with E-state index in [1.807, 2.05) is 44.2 Å². The number of aromatic nitrogens is 2. The first-order valence-electron chi connectivity index (χ1n) is 8.84. The van der Waals surface area contributed by atoms with E-state index >= 15 is 0 Å². The zero-order valence-corrected chi connectivity index (χ0v) is 16.2. The average molecular weight is 395 g/mol. The van der Waals surface area contributed by atoms with Crippen LogP contribution < -0.4 is 10.1 Å². The first-order valence-corrected chi connectivity index (χ1v) is 9.66. The van der Waals surface area contributed by atoms with Gasteiger partial charge in [0.1, 0.15) is 16.4 Å².